The predicted octanol–water partition coefficient (Wildman–Crippen LogP) is 0.0224. The predicted molar refractivity (Wildman–Crippen MR) is 31.8 cm³/mol. The van der Waals surface area contributed by atoms with E-state index < -0.39 is 0 Å². The van der Waals surface area contributed by atoms with Crippen molar-refractivity contribution >= 4 is 5.91 Å². The van der Waals surface area contributed by atoms with Gasteiger partial charge in [-0.15, -0.1) is 0 Å². The number of carbonyl (C=O) groups is 1. The summed E-state index contributed by atoms with van der Waals surface area (Å²) < 4.78 is 0. The molecule has 0 aliphatic carbocycles. The first kappa shape index (κ1) is 7.43. The Hall–Kier alpha value is -0.570. The van der Waals surface area contributed by atoms with Crippen LogP contribution in [0.2, 0.25) is 0 Å². The molecule has 1 unspecified atom stereocenters. The molecule has 0 aromatic heterocycles. The number of amides is 1. The van der Waals surface area contributed by atoms with Gasteiger partial charge in [0.05, 0.1) is 0 Å². The van der Waals surface area contributed by atoms with E-state index in [9.17, 15) is 4.79 Å². The fourth-order valence-electron chi connectivity index (χ4n) is 0.328. The second-order valence-electron chi connectivity index (χ2n) is 1.82. The van der Waals surface area contributed by atoms with Crippen LogP contribution in [0.1, 0.15) is 20.3 Å². The van der Waals surface area contributed by atoms with Gasteiger partial charge in [-0.05, 0) is 6.42 Å². The molecule has 0 fully saturated rings. The zero-order chi connectivity index (χ0) is 6.57. The molecule has 0 spiro atoms. The molecule has 1 amide bonds. The number of hydrogen-bond donors (Lipinski definition) is 2. The molecule has 8 heavy (non-hydrogen) atoms. The number of nitrogens with two attached hydrogens (primary N) is 1. The maximum Gasteiger partial charge on any atom is 0.236 e. The van der Waals surface area contributed by atoms with Crippen molar-refractivity contribution in [2.75, 3.05) is 0 Å². The number of rotatable bonds is 2. The zero-order valence-corrected chi connectivity index (χ0v) is 5.27. The van der Waals surface area contributed by atoms with E-state index in [0.717, 1.165) is 6.42 Å². The average Bonchev–Trinajstić information content (AvgIpc) is 1.84. The fourth-order valence-corrected chi connectivity index (χ4v) is 0.328. The number of carbonyl (C=O) groups excluding carboxylic acids is 1. The first-order valence-electron chi connectivity index (χ1n) is 2.72. The van der Waals surface area contributed by atoms with Gasteiger partial charge < -0.3 is 0 Å². The normalized spacial score (nSPS) is 12.9. The molecule has 3 nitrogen and oxygen atoms in total. The van der Waals surface area contributed by atoms with Gasteiger partial charge in [-0.3, -0.25) is 10.2 Å². The summed E-state index contributed by atoms with van der Waals surface area (Å²) in [5.41, 5.74) is 2.08. The Labute approximate surface area is 49.2 Å². The smallest absolute Gasteiger partial charge is 0.236 e. The van der Waals surface area contributed by atoms with Crippen molar-refractivity contribution in [3.63, 3.8) is 0 Å². The number of nitrogens with one attached hydrogen (secondary N) is 1. The molecule has 0 aromatic carbocycles. The molecular formula is C5H12N2O. The van der Waals surface area contributed by atoms with Crippen molar-refractivity contribution in [1.29, 1.82) is 0 Å². The molecule has 0 rings (SSSR count). The van der Waals surface area contributed by atoms with Crippen molar-refractivity contribution in [2.45, 2.75) is 20.3 Å². The Balaban J connectivity index is 3.46. The van der Waals surface area contributed by atoms with Crippen molar-refractivity contribution in [1.82, 2.24) is 5.43 Å². The van der Waals surface area contributed by atoms with Gasteiger partial charge in [0.2, 0.25) is 5.91 Å². The van der Waals surface area contributed by atoms with Crippen LogP contribution in [0.3, 0.4) is 0 Å². The minimum atomic E-state index is -0.0903. The van der Waals surface area contributed by atoms with Crippen LogP contribution in [0.25, 0.3) is 0 Å². The second kappa shape index (κ2) is 3.43. The Bertz CT molecular complexity index is 82.5. The molecule has 0 heterocycles. The Morgan fingerprint density at radius 2 is 2.38 bits per heavy atom. The summed E-state index contributed by atoms with van der Waals surface area (Å²) in [6, 6.07) is 0. The monoisotopic (exact) mass is 116 g/mol. The summed E-state index contributed by atoms with van der Waals surface area (Å²) in [7, 11) is 0. The highest BCUT2D eigenvalue weighted by Crippen LogP contribution is 1.97. The van der Waals surface area contributed by atoms with E-state index in [4.69, 9.17) is 5.84 Å². The summed E-state index contributed by atoms with van der Waals surface area (Å²) in [6.45, 7) is 3.78. The molecule has 0 saturated carbocycles. The first-order chi connectivity index (χ1) is 3.72. The van der Waals surface area contributed by atoms with E-state index in [1.54, 1.807) is 0 Å². The van der Waals surface area contributed by atoms with E-state index in [1.165, 1.54) is 0 Å². The largest absolute Gasteiger partial charge is 0.294 e. The summed E-state index contributed by atoms with van der Waals surface area (Å²) >= 11 is 0. The van der Waals surface area contributed by atoms with Gasteiger partial charge in [-0.1, -0.05) is 13.8 Å². The highest BCUT2D eigenvalue weighted by atomic mass is 16.2. The Morgan fingerprint density at radius 1 is 1.88 bits per heavy atom. The van der Waals surface area contributed by atoms with Gasteiger partial charge in [-0.25, -0.2) is 5.84 Å². The third-order valence-corrected chi connectivity index (χ3v) is 1.20. The lowest BCUT2D eigenvalue weighted by Gasteiger charge is -2.03. The molecule has 3 N–H and O–H groups in total. The maximum atomic E-state index is 10.5. The molecule has 0 aliphatic heterocycles. The SMILES string of the molecule is CCC(C)C(=O)NN. The Morgan fingerprint density at radius 3 is 2.50 bits per heavy atom. The van der Waals surface area contributed by atoms with E-state index in [2.05, 4.69) is 5.43 Å². The summed E-state index contributed by atoms with van der Waals surface area (Å²) in [4.78, 5) is 10.5. The molecule has 0 saturated heterocycles. The van der Waals surface area contributed by atoms with Gasteiger partial charge in [-0.2, -0.15) is 0 Å². The van der Waals surface area contributed by atoms with Gasteiger partial charge in [0.1, 0.15) is 0 Å². The number of hydrogen-bond acceptors (Lipinski definition) is 2. The third kappa shape index (κ3) is 1.93. The van der Waals surface area contributed by atoms with Crippen LogP contribution in [0.15, 0.2) is 0 Å². The molecule has 0 aromatic rings. The van der Waals surface area contributed by atoms with Crippen LogP contribution in [-0.4, -0.2) is 5.91 Å². The molecule has 0 radical (unpaired) electrons. The van der Waals surface area contributed by atoms with Crippen LogP contribution in [-0.2, 0) is 4.79 Å². The molecule has 0 aliphatic rings. The van der Waals surface area contributed by atoms with E-state index in [-0.39, 0.29) is 11.8 Å². The van der Waals surface area contributed by atoms with Gasteiger partial charge in [0.25, 0.3) is 0 Å². The first-order valence-corrected chi connectivity index (χ1v) is 2.72. The minimum Gasteiger partial charge on any atom is -0.294 e. The van der Waals surface area contributed by atoms with E-state index in [1.807, 2.05) is 13.8 Å². The molecular weight excluding hydrogens is 104 g/mol. The third-order valence-electron chi connectivity index (χ3n) is 1.20. The van der Waals surface area contributed by atoms with Crippen molar-refractivity contribution in [2.24, 2.45) is 11.8 Å². The van der Waals surface area contributed by atoms with Crippen molar-refractivity contribution in [3.8, 4) is 0 Å². The lowest BCUT2D eigenvalue weighted by atomic mass is 10.1. The average molecular weight is 116 g/mol. The van der Waals surface area contributed by atoms with Gasteiger partial charge in [0, 0.05) is 5.92 Å². The van der Waals surface area contributed by atoms with Gasteiger partial charge >= 0.3 is 0 Å². The van der Waals surface area contributed by atoms with Crippen LogP contribution in [0, 0.1) is 5.92 Å². The minimum absolute atomic E-state index is 0.0417. The zero-order valence-electron chi connectivity index (χ0n) is 5.27. The highest BCUT2D eigenvalue weighted by molar-refractivity contribution is 5.77. The fraction of sp³-hybridized carbons (Fsp3) is 0.800. The summed E-state index contributed by atoms with van der Waals surface area (Å²) in [5.74, 6) is 4.80. The lowest BCUT2D eigenvalue weighted by molar-refractivity contribution is -0.124. The maximum absolute atomic E-state index is 10.5. The second-order valence-corrected chi connectivity index (χ2v) is 1.82. The number of hydrazine groups is 1. The van der Waals surface area contributed by atoms with Crippen molar-refractivity contribution < 1.29 is 4.79 Å². The summed E-state index contributed by atoms with van der Waals surface area (Å²) in [5, 5.41) is 0. The van der Waals surface area contributed by atoms with Crippen molar-refractivity contribution in [3.05, 3.63) is 0 Å². The topological polar surface area (TPSA) is 55.1 Å². The van der Waals surface area contributed by atoms with E-state index in [0.29, 0.717) is 0 Å². The summed E-state index contributed by atoms with van der Waals surface area (Å²) in [6.07, 6.45) is 0.836. The lowest BCUT2D eigenvalue weighted by Crippen LogP contribution is -2.34. The molecule has 48 valence electrons. The highest BCUT2D eigenvalue weighted by Gasteiger charge is 2.06. The standard InChI is InChI=1S/C5H12N2O/c1-3-4(2)5(8)7-6/h4H,3,6H2,1-2H3,(H,7,8). The van der Waals surface area contributed by atoms with Gasteiger partial charge in [0.15, 0.2) is 0 Å². The quantitative estimate of drug-likeness (QED) is 0.303. The van der Waals surface area contributed by atoms with Crippen LogP contribution < -0.4 is 11.3 Å². The van der Waals surface area contributed by atoms with E-state index >= 15 is 0 Å². The van der Waals surface area contributed by atoms with Crippen LogP contribution in [0.4, 0.5) is 0 Å². The van der Waals surface area contributed by atoms with Crippen LogP contribution in [0.5, 0.6) is 0 Å². The molecule has 1 atom stereocenters. The van der Waals surface area contributed by atoms with Crippen LogP contribution >= 0.6 is 0 Å². The Kier molecular flexibility index (Phi) is 3.19. The molecule has 0 bridgehead atoms. The molecule has 3 heteroatoms.